The highest BCUT2D eigenvalue weighted by molar-refractivity contribution is 9.10. The molecule has 0 unspecified atom stereocenters. The fourth-order valence-electron chi connectivity index (χ4n) is 1.32. The van der Waals surface area contributed by atoms with Crippen molar-refractivity contribution in [2.24, 2.45) is 5.73 Å². The van der Waals surface area contributed by atoms with Gasteiger partial charge in [0.2, 0.25) is 0 Å². The third kappa shape index (κ3) is 4.24. The van der Waals surface area contributed by atoms with Crippen molar-refractivity contribution in [1.82, 2.24) is 0 Å². The molecule has 1 atom stereocenters. The second-order valence-corrected chi connectivity index (χ2v) is 4.39. The lowest BCUT2D eigenvalue weighted by Gasteiger charge is -2.13. The number of benzene rings is 1. The Morgan fingerprint density at radius 1 is 1.60 bits per heavy atom. The first kappa shape index (κ1) is 14.5. The number of halogens is 2. The first-order valence-electron chi connectivity index (χ1n) is 4.39. The van der Waals surface area contributed by atoms with Gasteiger partial charge in [-0.1, -0.05) is 27.6 Å². The van der Waals surface area contributed by atoms with Crippen LogP contribution in [0.5, 0.6) is 5.75 Å². The second-order valence-electron chi connectivity index (χ2n) is 3.47. The molecule has 4 heteroatoms. The van der Waals surface area contributed by atoms with Crippen molar-refractivity contribution in [2.75, 3.05) is 0 Å². The fraction of sp³-hybridized carbons (Fsp3) is 0.273. The Labute approximate surface area is 105 Å². The standard InChI is InChI=1S/C11H14BrNO.ClH/c1-7(2)5-10(13)9-4-3-8(12)6-11(9)14;/h3-4,6,10,14H,1,5,13H2,2H3;1H/t10-;/m0./s1. The van der Waals surface area contributed by atoms with Crippen molar-refractivity contribution in [3.05, 3.63) is 40.4 Å². The van der Waals surface area contributed by atoms with E-state index in [0.717, 1.165) is 15.6 Å². The number of nitrogens with two attached hydrogens (primary N) is 1. The van der Waals surface area contributed by atoms with Gasteiger partial charge in [0.1, 0.15) is 5.75 Å². The number of phenols is 1. The van der Waals surface area contributed by atoms with Crippen LogP contribution >= 0.6 is 28.3 Å². The lowest BCUT2D eigenvalue weighted by Crippen LogP contribution is -2.10. The Bertz CT molecular complexity index is 354. The van der Waals surface area contributed by atoms with E-state index < -0.39 is 0 Å². The number of aromatic hydroxyl groups is 1. The van der Waals surface area contributed by atoms with Gasteiger partial charge in [-0.3, -0.25) is 0 Å². The fourth-order valence-corrected chi connectivity index (χ4v) is 1.66. The molecule has 0 fully saturated rings. The van der Waals surface area contributed by atoms with Crippen molar-refractivity contribution >= 4 is 28.3 Å². The van der Waals surface area contributed by atoms with Gasteiger partial charge in [0, 0.05) is 16.1 Å². The molecule has 0 aromatic heterocycles. The monoisotopic (exact) mass is 291 g/mol. The van der Waals surface area contributed by atoms with Crippen molar-refractivity contribution in [2.45, 2.75) is 19.4 Å². The van der Waals surface area contributed by atoms with Crippen LogP contribution in [0.4, 0.5) is 0 Å². The number of phenolic OH excluding ortho intramolecular Hbond substituents is 1. The van der Waals surface area contributed by atoms with Gasteiger partial charge < -0.3 is 10.8 Å². The maximum Gasteiger partial charge on any atom is 0.121 e. The molecule has 0 aliphatic carbocycles. The second kappa shape index (κ2) is 6.16. The minimum Gasteiger partial charge on any atom is -0.508 e. The summed E-state index contributed by atoms with van der Waals surface area (Å²) in [6, 6.07) is 5.16. The lowest BCUT2D eigenvalue weighted by atomic mass is 10.0. The minimum atomic E-state index is -0.180. The first-order chi connectivity index (χ1) is 6.50. The predicted molar refractivity (Wildman–Crippen MR) is 69.4 cm³/mol. The summed E-state index contributed by atoms with van der Waals surface area (Å²) in [6.07, 6.45) is 0.690. The molecule has 1 aromatic carbocycles. The van der Waals surface area contributed by atoms with Gasteiger partial charge in [-0.2, -0.15) is 0 Å². The molecule has 1 rings (SSSR count). The van der Waals surface area contributed by atoms with Crippen LogP contribution in [-0.4, -0.2) is 5.11 Å². The predicted octanol–water partition coefficient (Wildman–Crippen LogP) is 3.54. The molecule has 0 saturated heterocycles. The Morgan fingerprint density at radius 2 is 2.20 bits per heavy atom. The molecule has 0 heterocycles. The van der Waals surface area contributed by atoms with E-state index in [-0.39, 0.29) is 24.2 Å². The van der Waals surface area contributed by atoms with Crippen LogP contribution in [-0.2, 0) is 0 Å². The van der Waals surface area contributed by atoms with E-state index in [4.69, 9.17) is 5.73 Å². The largest absolute Gasteiger partial charge is 0.508 e. The molecule has 0 spiro atoms. The van der Waals surface area contributed by atoms with Crippen LogP contribution in [0.3, 0.4) is 0 Å². The quantitative estimate of drug-likeness (QED) is 0.837. The molecular weight excluding hydrogens is 277 g/mol. The Hall–Kier alpha value is -0.510. The van der Waals surface area contributed by atoms with Crippen molar-refractivity contribution in [3.8, 4) is 5.75 Å². The molecule has 0 aliphatic rings. The molecule has 0 amide bonds. The van der Waals surface area contributed by atoms with Gasteiger partial charge in [0.05, 0.1) is 0 Å². The SMILES string of the molecule is C=C(C)C[C@H](N)c1ccc(Br)cc1O.Cl. The zero-order valence-electron chi connectivity index (χ0n) is 8.53. The maximum atomic E-state index is 9.63. The molecule has 0 saturated carbocycles. The van der Waals surface area contributed by atoms with E-state index in [0.29, 0.717) is 6.42 Å². The van der Waals surface area contributed by atoms with Crippen molar-refractivity contribution in [3.63, 3.8) is 0 Å². The summed E-state index contributed by atoms with van der Waals surface area (Å²) in [7, 11) is 0. The highest BCUT2D eigenvalue weighted by atomic mass is 79.9. The third-order valence-corrected chi connectivity index (χ3v) is 2.45. The summed E-state index contributed by atoms with van der Waals surface area (Å²) in [5.41, 5.74) is 7.68. The number of hydrogen-bond donors (Lipinski definition) is 2. The average Bonchev–Trinajstić information content (AvgIpc) is 2.01. The molecule has 3 N–H and O–H groups in total. The van der Waals surface area contributed by atoms with E-state index >= 15 is 0 Å². The summed E-state index contributed by atoms with van der Waals surface area (Å²) in [5, 5.41) is 9.63. The van der Waals surface area contributed by atoms with Crippen LogP contribution in [0.2, 0.25) is 0 Å². The van der Waals surface area contributed by atoms with Gasteiger partial charge in [-0.05, 0) is 25.5 Å². The topological polar surface area (TPSA) is 46.2 Å². The zero-order valence-corrected chi connectivity index (χ0v) is 10.9. The van der Waals surface area contributed by atoms with E-state index in [1.807, 2.05) is 19.1 Å². The van der Waals surface area contributed by atoms with E-state index in [1.165, 1.54) is 0 Å². The molecule has 2 nitrogen and oxygen atoms in total. The molecule has 84 valence electrons. The Kier molecular flexibility index (Phi) is 5.95. The molecular formula is C11H15BrClNO. The highest BCUT2D eigenvalue weighted by Crippen LogP contribution is 2.29. The maximum absolute atomic E-state index is 9.63. The Morgan fingerprint density at radius 3 is 2.67 bits per heavy atom. The van der Waals surface area contributed by atoms with Crippen LogP contribution in [0.1, 0.15) is 24.9 Å². The normalized spacial score (nSPS) is 11.7. The van der Waals surface area contributed by atoms with Gasteiger partial charge in [-0.15, -0.1) is 19.0 Å². The lowest BCUT2D eigenvalue weighted by molar-refractivity contribution is 0.460. The summed E-state index contributed by atoms with van der Waals surface area (Å²) >= 11 is 3.28. The smallest absolute Gasteiger partial charge is 0.121 e. The van der Waals surface area contributed by atoms with Crippen LogP contribution in [0, 0.1) is 0 Å². The first-order valence-corrected chi connectivity index (χ1v) is 5.18. The number of hydrogen-bond acceptors (Lipinski definition) is 2. The summed E-state index contributed by atoms with van der Waals surface area (Å²) in [6.45, 7) is 5.72. The summed E-state index contributed by atoms with van der Waals surface area (Å²) in [4.78, 5) is 0. The highest BCUT2D eigenvalue weighted by Gasteiger charge is 2.10. The van der Waals surface area contributed by atoms with Crippen molar-refractivity contribution < 1.29 is 5.11 Å². The van der Waals surface area contributed by atoms with Crippen molar-refractivity contribution in [1.29, 1.82) is 0 Å². The van der Waals surface area contributed by atoms with Crippen LogP contribution < -0.4 is 5.73 Å². The Balaban J connectivity index is 0.00000196. The molecule has 15 heavy (non-hydrogen) atoms. The van der Waals surface area contributed by atoms with Gasteiger partial charge in [0.15, 0.2) is 0 Å². The van der Waals surface area contributed by atoms with E-state index in [9.17, 15) is 5.11 Å². The van der Waals surface area contributed by atoms with Gasteiger partial charge >= 0.3 is 0 Å². The van der Waals surface area contributed by atoms with E-state index in [2.05, 4.69) is 22.5 Å². The van der Waals surface area contributed by atoms with Gasteiger partial charge in [-0.25, -0.2) is 0 Å². The third-order valence-electron chi connectivity index (χ3n) is 1.96. The molecule has 1 aromatic rings. The number of rotatable bonds is 3. The molecule has 0 aliphatic heterocycles. The zero-order chi connectivity index (χ0) is 10.7. The molecule has 0 radical (unpaired) electrons. The molecule has 0 bridgehead atoms. The van der Waals surface area contributed by atoms with E-state index in [1.54, 1.807) is 6.07 Å². The van der Waals surface area contributed by atoms with Crippen LogP contribution in [0.15, 0.2) is 34.8 Å². The minimum absolute atomic E-state index is 0. The van der Waals surface area contributed by atoms with Gasteiger partial charge in [0.25, 0.3) is 0 Å². The average molecular weight is 293 g/mol. The van der Waals surface area contributed by atoms with Crippen LogP contribution in [0.25, 0.3) is 0 Å². The summed E-state index contributed by atoms with van der Waals surface area (Å²) < 4.78 is 0.848. The summed E-state index contributed by atoms with van der Waals surface area (Å²) in [5.74, 6) is 0.230.